The zero-order valence-electron chi connectivity index (χ0n) is 16.7. The van der Waals surface area contributed by atoms with Crippen LogP contribution in [0.5, 0.6) is 0 Å². The van der Waals surface area contributed by atoms with Crippen molar-refractivity contribution in [2.75, 3.05) is 13.2 Å². The second-order valence-corrected chi connectivity index (χ2v) is 9.85. The van der Waals surface area contributed by atoms with Gasteiger partial charge in [0.2, 0.25) is 0 Å². The van der Waals surface area contributed by atoms with Crippen molar-refractivity contribution in [3.05, 3.63) is 39.6 Å². The minimum atomic E-state index is -0.341. The van der Waals surface area contributed by atoms with Crippen molar-refractivity contribution >= 4 is 23.2 Å². The first-order chi connectivity index (χ1) is 14.7. The van der Waals surface area contributed by atoms with E-state index in [2.05, 4.69) is 5.16 Å². The molecule has 1 aliphatic heterocycles. The number of rotatable bonds is 5. The predicted molar refractivity (Wildman–Crippen MR) is 113 cm³/mol. The fraction of sp³-hybridized carbons (Fsp3) is 0.609. The van der Waals surface area contributed by atoms with Crippen LogP contribution >= 0.6 is 23.2 Å². The highest BCUT2D eigenvalue weighted by molar-refractivity contribution is 6.39. The van der Waals surface area contributed by atoms with Crippen molar-refractivity contribution in [1.29, 1.82) is 0 Å². The maximum atomic E-state index is 6.47. The molecular weight excluding hydrogens is 425 g/mol. The molecule has 6 rings (SSSR count). The van der Waals surface area contributed by atoms with Gasteiger partial charge in [-0.25, -0.2) is 0 Å². The molecule has 4 aliphatic rings. The number of hydrogen-bond donors (Lipinski definition) is 0. The van der Waals surface area contributed by atoms with Crippen LogP contribution in [0, 0.1) is 11.8 Å². The topological polar surface area (TPSA) is 53.7 Å². The Morgan fingerprint density at radius 3 is 2.30 bits per heavy atom. The van der Waals surface area contributed by atoms with Crippen molar-refractivity contribution in [2.45, 2.75) is 62.9 Å². The standard InChI is InChI=1S/C23H25Cl2NO4/c24-18-2-1-3-19(25)20(18)21-17(22(30-26-21)13-4-5-13)12-27-16-10-14-6-7-15(11-16)23(14)28-8-9-29-23/h1-3,13-16H,4-12H2/t14-,15+,16-. The molecule has 1 aromatic carbocycles. The maximum Gasteiger partial charge on any atom is 0.174 e. The molecule has 3 aliphatic carbocycles. The van der Waals surface area contributed by atoms with E-state index in [1.54, 1.807) is 0 Å². The van der Waals surface area contributed by atoms with Gasteiger partial charge in [0, 0.05) is 28.9 Å². The van der Waals surface area contributed by atoms with Crippen LogP contribution < -0.4 is 0 Å². The van der Waals surface area contributed by atoms with Crippen molar-refractivity contribution in [1.82, 2.24) is 5.16 Å². The number of ether oxygens (including phenoxy) is 3. The molecule has 3 atom stereocenters. The largest absolute Gasteiger partial charge is 0.373 e. The lowest BCUT2D eigenvalue weighted by atomic mass is 9.81. The molecule has 7 heteroatoms. The van der Waals surface area contributed by atoms with Gasteiger partial charge in [-0.15, -0.1) is 0 Å². The molecule has 3 saturated carbocycles. The van der Waals surface area contributed by atoms with Gasteiger partial charge in [-0.1, -0.05) is 34.4 Å². The third-order valence-electron chi connectivity index (χ3n) is 7.26. The van der Waals surface area contributed by atoms with Crippen LogP contribution in [0.4, 0.5) is 0 Å². The van der Waals surface area contributed by atoms with Crippen LogP contribution in [0.2, 0.25) is 10.0 Å². The van der Waals surface area contributed by atoms with Crippen LogP contribution in [0.1, 0.15) is 55.8 Å². The summed E-state index contributed by atoms with van der Waals surface area (Å²) in [4.78, 5) is 0. The lowest BCUT2D eigenvalue weighted by molar-refractivity contribution is -0.238. The Labute approximate surface area is 185 Å². The monoisotopic (exact) mass is 449 g/mol. The molecule has 1 aromatic heterocycles. The Morgan fingerprint density at radius 2 is 1.67 bits per heavy atom. The highest BCUT2D eigenvalue weighted by Gasteiger charge is 2.58. The van der Waals surface area contributed by atoms with Crippen LogP contribution in [-0.4, -0.2) is 30.3 Å². The number of aromatic nitrogens is 1. The average molecular weight is 450 g/mol. The second kappa shape index (κ2) is 7.49. The molecule has 2 aromatic rings. The number of nitrogens with zero attached hydrogens (tertiary/aromatic N) is 1. The Balaban J connectivity index is 1.24. The molecule has 160 valence electrons. The molecule has 30 heavy (non-hydrogen) atoms. The zero-order chi connectivity index (χ0) is 20.3. The van der Waals surface area contributed by atoms with E-state index in [0.29, 0.717) is 53.3 Å². The van der Waals surface area contributed by atoms with Gasteiger partial charge in [0.15, 0.2) is 5.79 Å². The molecule has 0 unspecified atom stereocenters. The highest BCUT2D eigenvalue weighted by Crippen LogP contribution is 2.55. The Kier molecular flexibility index (Phi) is 4.88. The van der Waals surface area contributed by atoms with E-state index in [-0.39, 0.29) is 11.9 Å². The fourth-order valence-corrected chi connectivity index (χ4v) is 6.31. The number of benzene rings is 1. The minimum absolute atomic E-state index is 0.192. The zero-order valence-corrected chi connectivity index (χ0v) is 18.3. The van der Waals surface area contributed by atoms with Crippen molar-refractivity contribution in [3.63, 3.8) is 0 Å². The maximum absolute atomic E-state index is 6.47. The molecule has 0 amide bonds. The van der Waals surface area contributed by atoms with Gasteiger partial charge < -0.3 is 18.7 Å². The van der Waals surface area contributed by atoms with E-state index >= 15 is 0 Å². The summed E-state index contributed by atoms with van der Waals surface area (Å²) < 4.78 is 24.4. The Bertz CT molecular complexity index is 914. The molecule has 4 fully saturated rings. The third kappa shape index (κ3) is 3.13. The molecular formula is C23H25Cl2NO4. The van der Waals surface area contributed by atoms with E-state index in [9.17, 15) is 0 Å². The summed E-state index contributed by atoms with van der Waals surface area (Å²) in [6.07, 6.45) is 6.71. The lowest BCUT2D eigenvalue weighted by Crippen LogP contribution is -2.47. The first-order valence-corrected chi connectivity index (χ1v) is 11.7. The van der Waals surface area contributed by atoms with Gasteiger partial charge in [-0.05, 0) is 50.7 Å². The average Bonchev–Trinajstić information content (AvgIpc) is 3.28. The lowest BCUT2D eigenvalue weighted by Gasteiger charge is -2.41. The van der Waals surface area contributed by atoms with E-state index in [1.807, 2.05) is 18.2 Å². The highest BCUT2D eigenvalue weighted by atomic mass is 35.5. The molecule has 1 spiro atoms. The quantitative estimate of drug-likeness (QED) is 0.562. The van der Waals surface area contributed by atoms with Gasteiger partial charge in [0.1, 0.15) is 11.5 Å². The van der Waals surface area contributed by atoms with Gasteiger partial charge in [-0.2, -0.15) is 0 Å². The third-order valence-corrected chi connectivity index (χ3v) is 7.89. The Hall–Kier alpha value is -1.11. The van der Waals surface area contributed by atoms with E-state index in [0.717, 1.165) is 55.4 Å². The summed E-state index contributed by atoms with van der Waals surface area (Å²) >= 11 is 12.9. The van der Waals surface area contributed by atoms with Crippen LogP contribution in [0.25, 0.3) is 11.3 Å². The van der Waals surface area contributed by atoms with Crippen molar-refractivity contribution in [3.8, 4) is 11.3 Å². The predicted octanol–water partition coefficient (Wildman–Crippen LogP) is 5.97. The SMILES string of the molecule is Clc1cccc(Cl)c1-c1noc(C2CC2)c1CO[C@@H]1C[C@H]2CC[C@@H](C1)C21OCCO1. The first kappa shape index (κ1) is 19.6. The van der Waals surface area contributed by atoms with Crippen LogP contribution in [0.15, 0.2) is 22.7 Å². The van der Waals surface area contributed by atoms with E-state index in [4.69, 9.17) is 41.9 Å². The molecule has 1 saturated heterocycles. The summed E-state index contributed by atoms with van der Waals surface area (Å²) in [6.45, 7) is 1.89. The molecule has 5 nitrogen and oxygen atoms in total. The van der Waals surface area contributed by atoms with Gasteiger partial charge >= 0.3 is 0 Å². The number of halogens is 2. The van der Waals surface area contributed by atoms with Gasteiger partial charge in [-0.3, -0.25) is 0 Å². The first-order valence-electron chi connectivity index (χ1n) is 11.0. The summed E-state index contributed by atoms with van der Waals surface area (Å²) in [5.41, 5.74) is 2.43. The summed E-state index contributed by atoms with van der Waals surface area (Å²) in [5.74, 6) is 1.86. The van der Waals surface area contributed by atoms with E-state index < -0.39 is 0 Å². The van der Waals surface area contributed by atoms with Gasteiger partial charge in [0.25, 0.3) is 0 Å². The summed E-state index contributed by atoms with van der Waals surface area (Å²) in [7, 11) is 0. The van der Waals surface area contributed by atoms with Crippen LogP contribution in [0.3, 0.4) is 0 Å². The number of hydrogen-bond acceptors (Lipinski definition) is 5. The molecule has 2 heterocycles. The van der Waals surface area contributed by atoms with Crippen molar-refractivity contribution < 1.29 is 18.7 Å². The second-order valence-electron chi connectivity index (χ2n) is 9.04. The fourth-order valence-electron chi connectivity index (χ4n) is 5.73. The molecule has 0 radical (unpaired) electrons. The molecule has 2 bridgehead atoms. The normalized spacial score (nSPS) is 29.7. The Morgan fingerprint density at radius 1 is 1.00 bits per heavy atom. The smallest absolute Gasteiger partial charge is 0.174 e. The van der Waals surface area contributed by atoms with Crippen LogP contribution in [-0.2, 0) is 20.8 Å². The summed E-state index contributed by atoms with van der Waals surface area (Å²) in [6, 6.07) is 5.50. The van der Waals surface area contributed by atoms with Gasteiger partial charge in [0.05, 0.1) is 36.0 Å². The minimum Gasteiger partial charge on any atom is -0.373 e. The molecule has 0 N–H and O–H groups in total. The summed E-state index contributed by atoms with van der Waals surface area (Å²) in [5, 5.41) is 5.52. The van der Waals surface area contributed by atoms with E-state index in [1.165, 1.54) is 0 Å². The van der Waals surface area contributed by atoms with Crippen molar-refractivity contribution in [2.24, 2.45) is 11.8 Å².